The van der Waals surface area contributed by atoms with Crippen molar-refractivity contribution in [3.8, 4) is 0 Å². The lowest BCUT2D eigenvalue weighted by Gasteiger charge is -2.25. The quantitative estimate of drug-likeness (QED) is 0.572. The van der Waals surface area contributed by atoms with Crippen molar-refractivity contribution >= 4 is 0 Å². The fourth-order valence-electron chi connectivity index (χ4n) is 1.15. The molecule has 0 aromatic carbocycles. The van der Waals surface area contributed by atoms with Crippen molar-refractivity contribution in [3.63, 3.8) is 0 Å². The van der Waals surface area contributed by atoms with Gasteiger partial charge in [0.25, 0.3) is 0 Å². The second kappa shape index (κ2) is 5.98. The summed E-state index contributed by atoms with van der Waals surface area (Å²) in [4.78, 5) is 0. The van der Waals surface area contributed by atoms with Gasteiger partial charge in [0.2, 0.25) is 0 Å². The Kier molecular flexibility index (Phi) is 5.72. The van der Waals surface area contributed by atoms with Crippen molar-refractivity contribution in [1.29, 1.82) is 0 Å². The highest BCUT2D eigenvalue weighted by molar-refractivity contribution is 4.89. The van der Waals surface area contributed by atoms with Crippen LogP contribution < -0.4 is 0 Å². The molecule has 0 aliphatic heterocycles. The highest BCUT2D eigenvalue weighted by Crippen LogP contribution is 2.15. The molecule has 0 N–H and O–H groups in total. The Labute approximate surface area is 82.5 Å². The Bertz CT molecular complexity index is 141. The molecule has 0 amide bonds. The molecule has 13 heavy (non-hydrogen) atoms. The molecule has 1 heteroatoms. The largest absolute Gasteiger partial charge is 0.366 e. The van der Waals surface area contributed by atoms with Crippen molar-refractivity contribution < 1.29 is 4.74 Å². The highest BCUT2D eigenvalue weighted by atomic mass is 16.5. The van der Waals surface area contributed by atoms with E-state index < -0.39 is 0 Å². The predicted molar refractivity (Wildman–Crippen MR) is 58.7 cm³/mol. The number of ether oxygens (including phenoxy) is 1. The fraction of sp³-hybridized carbons (Fsp3) is 0.667. The lowest BCUT2D eigenvalue weighted by Crippen LogP contribution is -2.26. The predicted octanol–water partition coefficient (Wildman–Crippen LogP) is 3.42. The van der Waals surface area contributed by atoms with Crippen LogP contribution in [0.4, 0.5) is 0 Å². The van der Waals surface area contributed by atoms with Crippen molar-refractivity contribution in [1.82, 2.24) is 0 Å². The molecule has 0 aromatic heterocycles. The topological polar surface area (TPSA) is 9.23 Å². The minimum absolute atomic E-state index is 0.130. The summed E-state index contributed by atoms with van der Waals surface area (Å²) in [6.45, 7) is 16.1. The highest BCUT2D eigenvalue weighted by Gasteiger charge is 2.16. The summed E-state index contributed by atoms with van der Waals surface area (Å²) in [5.74, 6) is 0.942. The molecule has 0 heterocycles. The molecule has 0 spiro atoms. The summed E-state index contributed by atoms with van der Waals surface area (Å²) in [7, 11) is 0. The molecule has 0 saturated heterocycles. The van der Waals surface area contributed by atoms with Gasteiger partial charge in [-0.2, -0.15) is 0 Å². The van der Waals surface area contributed by atoms with E-state index in [0.29, 0.717) is 11.8 Å². The molecular formula is C12H22O. The molecular weight excluding hydrogens is 160 g/mol. The molecule has 0 aliphatic rings. The van der Waals surface area contributed by atoms with Gasteiger partial charge < -0.3 is 4.74 Å². The van der Waals surface area contributed by atoms with Crippen LogP contribution in [-0.4, -0.2) is 12.2 Å². The Hall–Kier alpha value is -0.560. The zero-order chi connectivity index (χ0) is 10.4. The van der Waals surface area contributed by atoms with E-state index in [0.717, 1.165) is 0 Å². The maximum absolute atomic E-state index is 5.84. The van der Waals surface area contributed by atoms with Gasteiger partial charge in [-0.25, -0.2) is 0 Å². The van der Waals surface area contributed by atoms with Crippen LogP contribution in [-0.2, 0) is 4.74 Å². The maximum atomic E-state index is 5.84. The number of hydrogen-bond donors (Lipinski definition) is 0. The summed E-state index contributed by atoms with van der Waals surface area (Å²) in [6, 6.07) is 0. The first-order valence-electron chi connectivity index (χ1n) is 4.93. The average Bonchev–Trinajstić information content (AvgIpc) is 2.05. The first-order chi connectivity index (χ1) is 6.02. The van der Waals surface area contributed by atoms with Gasteiger partial charge in [0.15, 0.2) is 0 Å². The second-order valence-electron chi connectivity index (χ2n) is 4.02. The van der Waals surface area contributed by atoms with Crippen LogP contribution >= 0.6 is 0 Å². The normalized spacial score (nSPS) is 15.8. The monoisotopic (exact) mass is 182 g/mol. The molecule has 0 saturated carbocycles. The lowest BCUT2D eigenvalue weighted by molar-refractivity contribution is -0.00550. The van der Waals surface area contributed by atoms with Crippen molar-refractivity contribution in [2.45, 2.75) is 39.9 Å². The molecule has 0 aromatic rings. The van der Waals surface area contributed by atoms with Crippen molar-refractivity contribution in [2.75, 3.05) is 0 Å². The van der Waals surface area contributed by atoms with Gasteiger partial charge >= 0.3 is 0 Å². The van der Waals surface area contributed by atoms with E-state index in [1.807, 2.05) is 12.2 Å². The van der Waals surface area contributed by atoms with Crippen molar-refractivity contribution in [2.24, 2.45) is 11.8 Å². The van der Waals surface area contributed by atoms with Crippen LogP contribution in [0, 0.1) is 11.8 Å². The second-order valence-corrected chi connectivity index (χ2v) is 4.02. The van der Waals surface area contributed by atoms with Crippen LogP contribution in [0.3, 0.4) is 0 Å². The molecule has 0 rings (SSSR count). The van der Waals surface area contributed by atoms with E-state index in [9.17, 15) is 0 Å². The van der Waals surface area contributed by atoms with Crippen LogP contribution in [0.25, 0.3) is 0 Å². The average molecular weight is 182 g/mol. The van der Waals surface area contributed by atoms with Gasteiger partial charge in [-0.05, 0) is 11.8 Å². The molecule has 76 valence electrons. The van der Waals surface area contributed by atoms with Gasteiger partial charge in [-0.3, -0.25) is 0 Å². The molecule has 0 aliphatic carbocycles. The Morgan fingerprint density at radius 3 is 1.31 bits per heavy atom. The third kappa shape index (κ3) is 4.28. The Morgan fingerprint density at radius 2 is 1.15 bits per heavy atom. The zero-order valence-corrected chi connectivity index (χ0v) is 9.29. The first-order valence-corrected chi connectivity index (χ1v) is 4.93. The van der Waals surface area contributed by atoms with E-state index in [4.69, 9.17) is 4.74 Å². The van der Waals surface area contributed by atoms with Crippen LogP contribution in [0.1, 0.15) is 27.7 Å². The van der Waals surface area contributed by atoms with E-state index >= 15 is 0 Å². The van der Waals surface area contributed by atoms with E-state index in [1.54, 1.807) is 0 Å². The Balaban J connectivity index is 4.19. The molecule has 2 atom stereocenters. The summed E-state index contributed by atoms with van der Waals surface area (Å²) >= 11 is 0. The summed E-state index contributed by atoms with van der Waals surface area (Å²) in [6.07, 6.45) is 3.99. The molecule has 0 bridgehead atoms. The third-order valence-corrected chi connectivity index (χ3v) is 2.09. The zero-order valence-electron chi connectivity index (χ0n) is 9.29. The van der Waals surface area contributed by atoms with Gasteiger partial charge in [0, 0.05) is 0 Å². The van der Waals surface area contributed by atoms with Gasteiger partial charge in [0.1, 0.15) is 0 Å². The van der Waals surface area contributed by atoms with E-state index in [-0.39, 0.29) is 12.2 Å². The smallest absolute Gasteiger partial charge is 0.0784 e. The molecule has 1 nitrogen and oxygen atoms in total. The van der Waals surface area contributed by atoms with Gasteiger partial charge in [-0.1, -0.05) is 39.8 Å². The molecule has 0 fully saturated rings. The molecule has 2 unspecified atom stereocenters. The summed E-state index contributed by atoms with van der Waals surface area (Å²) in [5, 5.41) is 0. The summed E-state index contributed by atoms with van der Waals surface area (Å²) < 4.78 is 5.84. The number of hydrogen-bond acceptors (Lipinski definition) is 1. The first kappa shape index (κ1) is 12.4. The maximum Gasteiger partial charge on any atom is 0.0784 e. The Morgan fingerprint density at radius 1 is 0.846 bits per heavy atom. The minimum atomic E-state index is 0.130. The molecule has 0 radical (unpaired) electrons. The lowest BCUT2D eigenvalue weighted by atomic mass is 10.0. The van der Waals surface area contributed by atoms with E-state index in [2.05, 4.69) is 40.9 Å². The van der Waals surface area contributed by atoms with Crippen molar-refractivity contribution in [3.05, 3.63) is 25.3 Å². The standard InChI is InChI=1S/C12H22O/c1-7-11(9(3)4)13-12(8-2)10(5)6/h7-12H,1-2H2,3-6H3. The summed E-state index contributed by atoms with van der Waals surface area (Å²) in [5.41, 5.74) is 0. The fourth-order valence-corrected chi connectivity index (χ4v) is 1.15. The minimum Gasteiger partial charge on any atom is -0.366 e. The van der Waals surface area contributed by atoms with E-state index in [1.165, 1.54) is 0 Å². The van der Waals surface area contributed by atoms with Crippen LogP contribution in [0.15, 0.2) is 25.3 Å². The van der Waals surface area contributed by atoms with Crippen LogP contribution in [0.2, 0.25) is 0 Å². The van der Waals surface area contributed by atoms with Gasteiger partial charge in [0.05, 0.1) is 12.2 Å². The SMILES string of the molecule is C=CC(OC(C=C)C(C)C)C(C)C. The van der Waals surface area contributed by atoms with Gasteiger partial charge in [-0.15, -0.1) is 13.2 Å². The van der Waals surface area contributed by atoms with Crippen LogP contribution in [0.5, 0.6) is 0 Å². The number of rotatable bonds is 6. The third-order valence-electron chi connectivity index (χ3n) is 2.09.